The molecule has 1 aliphatic carbocycles. The summed E-state index contributed by atoms with van der Waals surface area (Å²) in [4.78, 5) is 14.1. The monoisotopic (exact) mass is 270 g/mol. The van der Waals surface area contributed by atoms with Crippen LogP contribution in [0.3, 0.4) is 0 Å². The number of hydrogen-bond acceptors (Lipinski definition) is 3. The van der Waals surface area contributed by atoms with Gasteiger partial charge in [-0.3, -0.25) is 9.69 Å². The molecule has 3 atom stereocenters. The summed E-state index contributed by atoms with van der Waals surface area (Å²) in [6.07, 6.45) is 4.81. The van der Waals surface area contributed by atoms with Gasteiger partial charge in [-0.2, -0.15) is 0 Å². The van der Waals surface area contributed by atoms with Crippen LogP contribution in [0.4, 0.5) is 0 Å². The van der Waals surface area contributed by atoms with Crippen LogP contribution in [0.2, 0.25) is 0 Å². The molecular weight excluding hydrogens is 240 g/mol. The van der Waals surface area contributed by atoms with Crippen LogP contribution in [0.5, 0.6) is 0 Å². The topological polar surface area (TPSA) is 52.6 Å². The van der Waals surface area contributed by atoms with E-state index in [4.69, 9.17) is 0 Å². The van der Waals surface area contributed by atoms with Crippen LogP contribution in [0.15, 0.2) is 0 Å². The van der Waals surface area contributed by atoms with Crippen molar-refractivity contribution in [2.24, 2.45) is 5.92 Å². The Morgan fingerprint density at radius 1 is 1.32 bits per heavy atom. The number of hydrogen-bond donors (Lipinski definition) is 2. The molecule has 112 valence electrons. The zero-order valence-electron chi connectivity index (χ0n) is 12.9. The summed E-state index contributed by atoms with van der Waals surface area (Å²) in [5, 5.41) is 13.0. The van der Waals surface area contributed by atoms with Crippen molar-refractivity contribution in [3.63, 3.8) is 0 Å². The molecule has 1 rings (SSSR count). The van der Waals surface area contributed by atoms with Gasteiger partial charge in [-0.25, -0.2) is 0 Å². The Morgan fingerprint density at radius 3 is 2.53 bits per heavy atom. The molecule has 1 aliphatic rings. The minimum absolute atomic E-state index is 0.0703. The third kappa shape index (κ3) is 5.11. The largest absolute Gasteiger partial charge is 0.391 e. The highest BCUT2D eigenvalue weighted by molar-refractivity contribution is 5.81. The van der Waals surface area contributed by atoms with Crippen LogP contribution in [-0.2, 0) is 4.79 Å². The number of nitrogens with zero attached hydrogens (tertiary/aromatic N) is 1. The average Bonchev–Trinajstić information content (AvgIpc) is 2.37. The molecule has 0 bridgehead atoms. The number of amides is 1. The summed E-state index contributed by atoms with van der Waals surface area (Å²) < 4.78 is 0. The summed E-state index contributed by atoms with van der Waals surface area (Å²) in [6, 6.07) is -0.0514. The van der Waals surface area contributed by atoms with E-state index < -0.39 is 0 Å². The molecule has 0 spiro atoms. The van der Waals surface area contributed by atoms with Crippen molar-refractivity contribution in [1.82, 2.24) is 10.2 Å². The maximum atomic E-state index is 12.1. The fourth-order valence-electron chi connectivity index (χ4n) is 2.67. The van der Waals surface area contributed by atoms with Gasteiger partial charge in [0.15, 0.2) is 0 Å². The van der Waals surface area contributed by atoms with Crippen molar-refractivity contribution in [2.45, 2.75) is 71.1 Å². The Bertz CT molecular complexity index is 281. The van der Waals surface area contributed by atoms with E-state index in [1.54, 1.807) is 0 Å². The molecule has 0 aromatic rings. The van der Waals surface area contributed by atoms with E-state index in [1.807, 2.05) is 18.9 Å². The Morgan fingerprint density at radius 2 is 1.95 bits per heavy atom. The van der Waals surface area contributed by atoms with Crippen molar-refractivity contribution in [2.75, 3.05) is 13.6 Å². The van der Waals surface area contributed by atoms with Crippen molar-refractivity contribution >= 4 is 5.91 Å². The van der Waals surface area contributed by atoms with Crippen LogP contribution >= 0.6 is 0 Å². The minimum atomic E-state index is -0.287. The van der Waals surface area contributed by atoms with Gasteiger partial charge in [0, 0.05) is 12.6 Å². The Labute approximate surface area is 117 Å². The highest BCUT2D eigenvalue weighted by Crippen LogP contribution is 2.23. The van der Waals surface area contributed by atoms with Crippen LogP contribution < -0.4 is 5.32 Å². The Balaban J connectivity index is 2.41. The summed E-state index contributed by atoms with van der Waals surface area (Å²) >= 11 is 0. The lowest BCUT2D eigenvalue weighted by Crippen LogP contribution is -2.52. The third-order valence-electron chi connectivity index (χ3n) is 4.23. The average molecular weight is 270 g/mol. The summed E-state index contributed by atoms with van der Waals surface area (Å²) in [7, 11) is 1.95. The SMILES string of the molecule is CC(C)CCNC(=O)C(C)N(C)C1CCCCC1O. The van der Waals surface area contributed by atoms with Gasteiger partial charge in [-0.1, -0.05) is 26.7 Å². The van der Waals surface area contributed by atoms with Crippen molar-refractivity contribution in [3.8, 4) is 0 Å². The first-order valence-corrected chi connectivity index (χ1v) is 7.61. The van der Waals surface area contributed by atoms with Crippen LogP contribution in [0.1, 0.15) is 52.9 Å². The zero-order valence-corrected chi connectivity index (χ0v) is 12.9. The lowest BCUT2D eigenvalue weighted by molar-refractivity contribution is -0.127. The molecule has 0 radical (unpaired) electrons. The second-order valence-electron chi connectivity index (χ2n) is 6.23. The van der Waals surface area contributed by atoms with Gasteiger partial charge in [0.1, 0.15) is 0 Å². The predicted molar refractivity (Wildman–Crippen MR) is 78.0 cm³/mol. The first kappa shape index (κ1) is 16.4. The maximum Gasteiger partial charge on any atom is 0.237 e. The van der Waals surface area contributed by atoms with Gasteiger partial charge in [0.2, 0.25) is 5.91 Å². The maximum absolute atomic E-state index is 12.1. The fourth-order valence-corrected chi connectivity index (χ4v) is 2.67. The zero-order chi connectivity index (χ0) is 14.4. The van der Waals surface area contributed by atoms with Gasteiger partial charge in [-0.05, 0) is 39.2 Å². The first-order chi connectivity index (χ1) is 8.93. The van der Waals surface area contributed by atoms with Crippen LogP contribution in [0, 0.1) is 5.92 Å². The predicted octanol–water partition coefficient (Wildman–Crippen LogP) is 1.77. The van der Waals surface area contributed by atoms with E-state index in [-0.39, 0.29) is 24.1 Å². The fraction of sp³-hybridized carbons (Fsp3) is 0.933. The molecule has 0 aliphatic heterocycles. The van der Waals surface area contributed by atoms with Crippen molar-refractivity contribution in [1.29, 1.82) is 0 Å². The Hall–Kier alpha value is -0.610. The number of nitrogens with one attached hydrogen (secondary N) is 1. The van der Waals surface area contributed by atoms with Gasteiger partial charge in [-0.15, -0.1) is 0 Å². The molecule has 0 saturated heterocycles. The number of likely N-dealkylation sites (N-methyl/N-ethyl adjacent to an activating group) is 1. The standard InChI is InChI=1S/C15H30N2O2/c1-11(2)9-10-16-15(19)12(3)17(4)13-7-5-6-8-14(13)18/h11-14,18H,5-10H2,1-4H3,(H,16,19). The Kier molecular flexibility index (Phi) is 6.80. The lowest BCUT2D eigenvalue weighted by Gasteiger charge is -2.38. The van der Waals surface area contributed by atoms with E-state index in [9.17, 15) is 9.90 Å². The molecular formula is C15H30N2O2. The smallest absolute Gasteiger partial charge is 0.237 e. The third-order valence-corrected chi connectivity index (χ3v) is 4.23. The van der Waals surface area contributed by atoms with E-state index >= 15 is 0 Å². The second kappa shape index (κ2) is 7.85. The highest BCUT2D eigenvalue weighted by Gasteiger charge is 2.31. The molecule has 0 aromatic heterocycles. The van der Waals surface area contributed by atoms with E-state index in [2.05, 4.69) is 19.2 Å². The van der Waals surface area contributed by atoms with Crippen molar-refractivity contribution in [3.05, 3.63) is 0 Å². The van der Waals surface area contributed by atoms with Crippen molar-refractivity contribution < 1.29 is 9.90 Å². The normalized spacial score (nSPS) is 25.6. The number of aliphatic hydroxyl groups excluding tert-OH is 1. The number of rotatable bonds is 6. The first-order valence-electron chi connectivity index (χ1n) is 7.61. The van der Waals surface area contributed by atoms with E-state index in [1.165, 1.54) is 0 Å². The van der Waals surface area contributed by atoms with Gasteiger partial charge < -0.3 is 10.4 Å². The molecule has 1 fully saturated rings. The molecule has 4 nitrogen and oxygen atoms in total. The van der Waals surface area contributed by atoms with Gasteiger partial charge in [0.05, 0.1) is 12.1 Å². The van der Waals surface area contributed by atoms with E-state index in [0.717, 1.165) is 38.6 Å². The van der Waals surface area contributed by atoms with Crippen LogP contribution in [-0.4, -0.2) is 47.7 Å². The summed E-state index contributed by atoms with van der Waals surface area (Å²) in [5.41, 5.74) is 0. The van der Waals surface area contributed by atoms with Gasteiger partial charge >= 0.3 is 0 Å². The quantitative estimate of drug-likeness (QED) is 0.773. The molecule has 19 heavy (non-hydrogen) atoms. The molecule has 3 unspecified atom stereocenters. The minimum Gasteiger partial charge on any atom is -0.391 e. The van der Waals surface area contributed by atoms with E-state index in [0.29, 0.717) is 5.92 Å². The molecule has 1 amide bonds. The molecule has 0 heterocycles. The number of aliphatic hydroxyl groups is 1. The van der Waals surface area contributed by atoms with Gasteiger partial charge in [0.25, 0.3) is 0 Å². The lowest BCUT2D eigenvalue weighted by atomic mass is 9.91. The second-order valence-corrected chi connectivity index (χ2v) is 6.23. The number of carbonyl (C=O) groups excluding carboxylic acids is 1. The van der Waals surface area contributed by atoms with Crippen LogP contribution in [0.25, 0.3) is 0 Å². The molecule has 1 saturated carbocycles. The molecule has 0 aromatic carbocycles. The summed E-state index contributed by atoms with van der Waals surface area (Å²) in [6.45, 7) is 6.97. The number of carbonyl (C=O) groups is 1. The molecule has 4 heteroatoms. The summed E-state index contributed by atoms with van der Waals surface area (Å²) in [5.74, 6) is 0.675. The highest BCUT2D eigenvalue weighted by atomic mass is 16.3. The molecule has 2 N–H and O–H groups in total.